The number of benzene rings is 2. The van der Waals surface area contributed by atoms with Crippen LogP contribution in [0.25, 0.3) is 0 Å². The number of ether oxygens (including phenoxy) is 1. The van der Waals surface area contributed by atoms with E-state index in [4.69, 9.17) is 4.74 Å². The zero-order chi connectivity index (χ0) is 22.2. The highest BCUT2D eigenvalue weighted by Crippen LogP contribution is 2.41. The van der Waals surface area contributed by atoms with Crippen LogP contribution in [-0.4, -0.2) is 41.9 Å². The van der Waals surface area contributed by atoms with Crippen LogP contribution in [0.2, 0.25) is 0 Å². The Hall–Kier alpha value is -3.75. The summed E-state index contributed by atoms with van der Waals surface area (Å²) in [7, 11) is 0. The van der Waals surface area contributed by atoms with E-state index in [2.05, 4.69) is 10.6 Å². The highest BCUT2D eigenvalue weighted by molar-refractivity contribution is 6.09. The van der Waals surface area contributed by atoms with E-state index in [1.165, 1.54) is 12.1 Å². The number of anilines is 1. The zero-order valence-electron chi connectivity index (χ0n) is 16.7. The fourth-order valence-corrected chi connectivity index (χ4v) is 3.92. The van der Waals surface area contributed by atoms with Gasteiger partial charge in [-0.3, -0.25) is 19.3 Å². The Balaban J connectivity index is 1.35. The minimum Gasteiger partial charge on any atom is -0.454 e. The van der Waals surface area contributed by atoms with Crippen LogP contribution < -0.4 is 10.6 Å². The van der Waals surface area contributed by atoms with E-state index in [-0.39, 0.29) is 5.69 Å². The van der Waals surface area contributed by atoms with Gasteiger partial charge in [-0.15, -0.1) is 0 Å². The molecule has 0 unspecified atom stereocenters. The minimum absolute atomic E-state index is 0.222. The molecular formula is C22H20FN3O5. The number of halogens is 1. The molecule has 1 spiro atoms. The molecule has 8 nitrogen and oxygen atoms in total. The summed E-state index contributed by atoms with van der Waals surface area (Å²) in [6, 6.07) is 10.8. The molecule has 0 saturated carbocycles. The van der Waals surface area contributed by atoms with Crippen molar-refractivity contribution < 1.29 is 28.3 Å². The minimum atomic E-state index is -1.17. The molecule has 1 saturated heterocycles. The van der Waals surface area contributed by atoms with Crippen molar-refractivity contribution in [3.05, 3.63) is 65.0 Å². The highest BCUT2D eigenvalue weighted by Gasteiger charge is 2.55. The fourth-order valence-electron chi connectivity index (χ4n) is 3.92. The van der Waals surface area contributed by atoms with Crippen molar-refractivity contribution >= 4 is 29.5 Å². The molecule has 31 heavy (non-hydrogen) atoms. The van der Waals surface area contributed by atoms with Crippen molar-refractivity contribution in [3.63, 3.8) is 0 Å². The first kappa shape index (κ1) is 20.5. The molecule has 1 fully saturated rings. The first-order valence-corrected chi connectivity index (χ1v) is 9.74. The third-order valence-corrected chi connectivity index (χ3v) is 5.53. The maximum absolute atomic E-state index is 13.6. The molecule has 2 N–H and O–H groups in total. The van der Waals surface area contributed by atoms with Crippen LogP contribution in [0.15, 0.2) is 42.5 Å². The SMILES string of the molecule is Cc1ccc(NC(=O)COC(=O)CN2C(=O)N[C@]3(CCc4ccccc43)C2=O)cc1F. The Labute approximate surface area is 177 Å². The van der Waals surface area contributed by atoms with Crippen molar-refractivity contribution in [2.75, 3.05) is 18.5 Å². The fraction of sp³-hybridized carbons (Fsp3) is 0.273. The van der Waals surface area contributed by atoms with E-state index in [1.807, 2.05) is 12.1 Å². The van der Waals surface area contributed by atoms with Gasteiger partial charge in [0.25, 0.3) is 11.8 Å². The summed E-state index contributed by atoms with van der Waals surface area (Å²) in [6.07, 6.45) is 1.05. The Kier molecular flexibility index (Phi) is 5.18. The Morgan fingerprint density at radius 2 is 2.00 bits per heavy atom. The summed E-state index contributed by atoms with van der Waals surface area (Å²) < 4.78 is 18.4. The number of amides is 4. The largest absolute Gasteiger partial charge is 0.454 e. The molecule has 0 aromatic heterocycles. The first-order chi connectivity index (χ1) is 14.8. The van der Waals surface area contributed by atoms with Crippen molar-refractivity contribution in [1.29, 1.82) is 0 Å². The first-order valence-electron chi connectivity index (χ1n) is 9.74. The highest BCUT2D eigenvalue weighted by atomic mass is 19.1. The van der Waals surface area contributed by atoms with Gasteiger partial charge in [0.1, 0.15) is 17.9 Å². The van der Waals surface area contributed by atoms with Crippen LogP contribution in [-0.2, 0) is 31.1 Å². The molecular weight excluding hydrogens is 405 g/mol. The summed E-state index contributed by atoms with van der Waals surface area (Å²) in [5, 5.41) is 5.12. The molecule has 9 heteroatoms. The van der Waals surface area contributed by atoms with Gasteiger partial charge in [0.05, 0.1) is 0 Å². The monoisotopic (exact) mass is 425 g/mol. The van der Waals surface area contributed by atoms with Crippen molar-refractivity contribution in [2.45, 2.75) is 25.3 Å². The topological polar surface area (TPSA) is 105 Å². The van der Waals surface area contributed by atoms with Gasteiger partial charge in [-0.1, -0.05) is 30.3 Å². The van der Waals surface area contributed by atoms with Crippen LogP contribution >= 0.6 is 0 Å². The van der Waals surface area contributed by atoms with Gasteiger partial charge < -0.3 is 15.4 Å². The molecule has 1 aliphatic heterocycles. The molecule has 0 radical (unpaired) electrons. The van der Waals surface area contributed by atoms with Crippen LogP contribution in [0.1, 0.15) is 23.1 Å². The molecule has 4 amide bonds. The summed E-state index contributed by atoms with van der Waals surface area (Å²) in [5.41, 5.74) is 1.19. The van der Waals surface area contributed by atoms with Gasteiger partial charge in [-0.25, -0.2) is 9.18 Å². The number of urea groups is 1. The van der Waals surface area contributed by atoms with E-state index < -0.39 is 48.3 Å². The Bertz CT molecular complexity index is 1100. The third-order valence-electron chi connectivity index (χ3n) is 5.53. The average molecular weight is 425 g/mol. The van der Waals surface area contributed by atoms with Crippen molar-refractivity contribution in [2.24, 2.45) is 0 Å². The number of imide groups is 1. The number of esters is 1. The lowest BCUT2D eigenvalue weighted by molar-refractivity contribution is -0.150. The molecule has 2 aliphatic rings. The molecule has 1 atom stereocenters. The normalized spacial score (nSPS) is 19.4. The van der Waals surface area contributed by atoms with Gasteiger partial charge >= 0.3 is 12.0 Å². The number of carbonyl (C=O) groups is 4. The summed E-state index contributed by atoms with van der Waals surface area (Å²) >= 11 is 0. The van der Waals surface area contributed by atoms with E-state index >= 15 is 0 Å². The number of rotatable bonds is 5. The summed E-state index contributed by atoms with van der Waals surface area (Å²) in [5.74, 6) is -2.57. The Morgan fingerprint density at radius 3 is 2.77 bits per heavy atom. The quantitative estimate of drug-likeness (QED) is 0.563. The van der Waals surface area contributed by atoms with Gasteiger partial charge in [-0.05, 0) is 48.6 Å². The molecule has 1 aliphatic carbocycles. The Morgan fingerprint density at radius 1 is 1.23 bits per heavy atom. The second-order valence-corrected chi connectivity index (χ2v) is 7.56. The van der Waals surface area contributed by atoms with Crippen LogP contribution in [0.4, 0.5) is 14.9 Å². The average Bonchev–Trinajstić information content (AvgIpc) is 3.23. The predicted molar refractivity (Wildman–Crippen MR) is 107 cm³/mol. The molecule has 4 rings (SSSR count). The molecule has 2 aromatic carbocycles. The number of hydrogen-bond donors (Lipinski definition) is 2. The number of carbonyl (C=O) groups excluding carboxylic acids is 4. The van der Waals surface area contributed by atoms with Gasteiger partial charge in [0.15, 0.2) is 6.61 Å². The second-order valence-electron chi connectivity index (χ2n) is 7.56. The van der Waals surface area contributed by atoms with Gasteiger partial charge in [0, 0.05) is 5.69 Å². The van der Waals surface area contributed by atoms with Gasteiger partial charge in [0.2, 0.25) is 0 Å². The number of fused-ring (bicyclic) bond motifs is 2. The maximum atomic E-state index is 13.6. The lowest BCUT2D eigenvalue weighted by atomic mass is 9.92. The van der Waals surface area contributed by atoms with Gasteiger partial charge in [-0.2, -0.15) is 0 Å². The molecule has 1 heterocycles. The second kappa shape index (κ2) is 7.82. The van der Waals surface area contributed by atoms with E-state index in [0.29, 0.717) is 18.4 Å². The van der Waals surface area contributed by atoms with Crippen molar-refractivity contribution in [1.82, 2.24) is 10.2 Å². The van der Waals surface area contributed by atoms with E-state index in [1.54, 1.807) is 19.1 Å². The van der Waals surface area contributed by atoms with E-state index in [9.17, 15) is 23.6 Å². The number of nitrogens with zero attached hydrogens (tertiary/aromatic N) is 1. The van der Waals surface area contributed by atoms with E-state index in [0.717, 1.165) is 22.1 Å². The van der Waals surface area contributed by atoms with Crippen LogP contribution in [0, 0.1) is 12.7 Å². The zero-order valence-corrected chi connectivity index (χ0v) is 16.7. The third kappa shape index (κ3) is 3.74. The number of hydrogen-bond acceptors (Lipinski definition) is 5. The predicted octanol–water partition coefficient (Wildman–Crippen LogP) is 2.01. The smallest absolute Gasteiger partial charge is 0.326 e. The maximum Gasteiger partial charge on any atom is 0.326 e. The lowest BCUT2D eigenvalue weighted by Crippen LogP contribution is -2.42. The van der Waals surface area contributed by atoms with Crippen molar-refractivity contribution in [3.8, 4) is 0 Å². The molecule has 0 bridgehead atoms. The van der Waals surface area contributed by atoms with Crippen LogP contribution in [0.3, 0.4) is 0 Å². The summed E-state index contributed by atoms with van der Waals surface area (Å²) in [4.78, 5) is 50.3. The number of aryl methyl sites for hydroxylation is 2. The molecule has 160 valence electrons. The molecule has 2 aromatic rings. The summed E-state index contributed by atoms with van der Waals surface area (Å²) in [6.45, 7) is 0.347. The standard InChI is InChI=1S/C22H20FN3O5/c1-13-6-7-15(10-17(13)23)24-18(27)12-31-19(28)11-26-20(29)22(25-21(26)30)9-8-14-4-2-3-5-16(14)22/h2-7,10H,8-9,11-12H2,1H3,(H,24,27)(H,25,30)/t22-/m0/s1. The number of nitrogens with one attached hydrogen (secondary N) is 2. The van der Waals surface area contributed by atoms with Crippen LogP contribution in [0.5, 0.6) is 0 Å². The lowest BCUT2D eigenvalue weighted by Gasteiger charge is -2.22.